The quantitative estimate of drug-likeness (QED) is 0.500. The highest BCUT2D eigenvalue weighted by molar-refractivity contribution is 7.22. The number of carbonyl (C=O) groups is 1. The number of thiazole rings is 1. The van der Waals surface area contributed by atoms with Gasteiger partial charge in [0.05, 0.1) is 10.2 Å². The maximum Gasteiger partial charge on any atom is 0.573 e. The van der Waals surface area contributed by atoms with Gasteiger partial charge in [0.2, 0.25) is 0 Å². The van der Waals surface area contributed by atoms with Gasteiger partial charge in [-0.3, -0.25) is 9.69 Å². The van der Waals surface area contributed by atoms with Gasteiger partial charge in [0.25, 0.3) is 5.91 Å². The second-order valence-electron chi connectivity index (χ2n) is 6.71. The molecule has 0 aliphatic rings. The Morgan fingerprint density at radius 1 is 1.13 bits per heavy atom. The maximum atomic E-state index is 12.9. The standard InChI is InChI=1S/C21H20F3N3O2S/c1-26(2)12-13-27(19(28)11-8-15-6-4-3-5-7-15)20-25-17-10-9-16(14-18(17)30-20)29-21(22,23)24/h3-11,14H,12-13H2,1-2H3/b11-8+. The summed E-state index contributed by atoms with van der Waals surface area (Å²) < 4.78 is 41.9. The summed E-state index contributed by atoms with van der Waals surface area (Å²) >= 11 is 1.14. The number of anilines is 1. The van der Waals surface area contributed by atoms with Crippen LogP contribution in [0.3, 0.4) is 0 Å². The molecule has 3 rings (SSSR count). The number of fused-ring (bicyclic) bond motifs is 1. The molecule has 0 atom stereocenters. The lowest BCUT2D eigenvalue weighted by Gasteiger charge is -2.20. The number of hydrogen-bond acceptors (Lipinski definition) is 5. The van der Waals surface area contributed by atoms with Crippen LogP contribution in [0.4, 0.5) is 18.3 Å². The number of aromatic nitrogens is 1. The fourth-order valence-corrected chi connectivity index (χ4v) is 3.65. The van der Waals surface area contributed by atoms with Gasteiger partial charge in [0.1, 0.15) is 5.75 Å². The summed E-state index contributed by atoms with van der Waals surface area (Å²) in [6.45, 7) is 0.986. The zero-order valence-electron chi connectivity index (χ0n) is 16.4. The smallest absolute Gasteiger partial charge is 0.406 e. The molecule has 0 aliphatic carbocycles. The fourth-order valence-electron chi connectivity index (χ4n) is 2.63. The van der Waals surface area contributed by atoms with Crippen molar-refractivity contribution in [3.8, 4) is 5.75 Å². The van der Waals surface area contributed by atoms with Gasteiger partial charge < -0.3 is 9.64 Å². The van der Waals surface area contributed by atoms with E-state index in [2.05, 4.69) is 9.72 Å². The fraction of sp³-hybridized carbons (Fsp3) is 0.238. The van der Waals surface area contributed by atoms with Crippen molar-refractivity contribution >= 4 is 38.7 Å². The minimum absolute atomic E-state index is 0.258. The summed E-state index contributed by atoms with van der Waals surface area (Å²) in [5.41, 5.74) is 1.39. The molecule has 0 radical (unpaired) electrons. The number of carbonyl (C=O) groups excluding carboxylic acids is 1. The first kappa shape index (κ1) is 21.8. The molecule has 5 nitrogen and oxygen atoms in total. The minimum Gasteiger partial charge on any atom is -0.406 e. The number of amides is 1. The second-order valence-corrected chi connectivity index (χ2v) is 7.72. The maximum absolute atomic E-state index is 12.9. The van der Waals surface area contributed by atoms with Gasteiger partial charge in [-0.25, -0.2) is 4.98 Å². The Balaban J connectivity index is 1.87. The molecule has 2 aromatic carbocycles. The zero-order chi connectivity index (χ0) is 21.7. The molecule has 1 aromatic heterocycles. The van der Waals surface area contributed by atoms with Crippen molar-refractivity contribution in [3.05, 3.63) is 60.2 Å². The number of ether oxygens (including phenoxy) is 1. The van der Waals surface area contributed by atoms with Crippen LogP contribution in [0.2, 0.25) is 0 Å². The molecule has 158 valence electrons. The number of hydrogen-bond donors (Lipinski definition) is 0. The predicted molar refractivity (Wildman–Crippen MR) is 113 cm³/mol. The Kier molecular flexibility index (Phi) is 6.73. The van der Waals surface area contributed by atoms with Gasteiger partial charge in [0, 0.05) is 25.2 Å². The first-order valence-electron chi connectivity index (χ1n) is 9.07. The van der Waals surface area contributed by atoms with E-state index in [1.807, 2.05) is 49.3 Å². The molecule has 1 heterocycles. The summed E-state index contributed by atoms with van der Waals surface area (Å²) in [6, 6.07) is 13.3. The lowest BCUT2D eigenvalue weighted by molar-refractivity contribution is -0.274. The SMILES string of the molecule is CN(C)CCN(C(=O)/C=C/c1ccccc1)c1nc2ccc(OC(F)(F)F)cc2s1. The highest BCUT2D eigenvalue weighted by atomic mass is 32.1. The van der Waals surface area contributed by atoms with E-state index >= 15 is 0 Å². The van der Waals surface area contributed by atoms with Gasteiger partial charge in [-0.1, -0.05) is 41.7 Å². The first-order valence-corrected chi connectivity index (χ1v) is 9.88. The Morgan fingerprint density at radius 3 is 2.53 bits per heavy atom. The Labute approximate surface area is 176 Å². The minimum atomic E-state index is -4.77. The largest absolute Gasteiger partial charge is 0.573 e. The normalized spacial score (nSPS) is 12.1. The van der Waals surface area contributed by atoms with Crippen LogP contribution < -0.4 is 9.64 Å². The Morgan fingerprint density at radius 2 is 1.87 bits per heavy atom. The summed E-state index contributed by atoms with van der Waals surface area (Å²) in [5.74, 6) is -0.577. The molecule has 0 aliphatic heterocycles. The number of benzene rings is 2. The number of alkyl halides is 3. The molecule has 0 spiro atoms. The van der Waals surface area contributed by atoms with Crippen LogP contribution in [0.1, 0.15) is 5.56 Å². The molecule has 0 unspecified atom stereocenters. The third-order valence-corrected chi connectivity index (χ3v) is 5.11. The van der Waals surface area contributed by atoms with Crippen molar-refractivity contribution in [2.75, 3.05) is 32.1 Å². The number of nitrogens with zero attached hydrogens (tertiary/aromatic N) is 3. The highest BCUT2D eigenvalue weighted by Crippen LogP contribution is 2.33. The molecule has 0 fully saturated rings. The van der Waals surface area contributed by atoms with Crippen LogP contribution in [-0.4, -0.2) is 49.3 Å². The van der Waals surface area contributed by atoms with Crippen molar-refractivity contribution in [2.24, 2.45) is 0 Å². The van der Waals surface area contributed by atoms with Crippen LogP contribution in [0, 0.1) is 0 Å². The van der Waals surface area contributed by atoms with E-state index in [0.29, 0.717) is 28.4 Å². The lowest BCUT2D eigenvalue weighted by atomic mass is 10.2. The molecule has 9 heteroatoms. The second kappa shape index (κ2) is 9.27. The third-order valence-electron chi connectivity index (χ3n) is 4.07. The van der Waals surface area contributed by atoms with Gasteiger partial charge in [-0.05, 0) is 37.9 Å². The van der Waals surface area contributed by atoms with E-state index in [1.54, 1.807) is 6.08 Å². The molecule has 0 saturated carbocycles. The summed E-state index contributed by atoms with van der Waals surface area (Å²) in [5, 5.41) is 0.415. The average Bonchev–Trinajstić information content (AvgIpc) is 3.08. The molecule has 0 N–H and O–H groups in total. The van der Waals surface area contributed by atoms with Crippen molar-refractivity contribution < 1.29 is 22.7 Å². The molecule has 0 bridgehead atoms. The van der Waals surface area contributed by atoms with Gasteiger partial charge in [0.15, 0.2) is 5.13 Å². The van der Waals surface area contributed by atoms with Gasteiger partial charge in [-0.15, -0.1) is 13.2 Å². The lowest BCUT2D eigenvalue weighted by Crippen LogP contribution is -2.35. The van der Waals surface area contributed by atoms with Crippen molar-refractivity contribution in [3.63, 3.8) is 0 Å². The zero-order valence-corrected chi connectivity index (χ0v) is 17.2. The van der Waals surface area contributed by atoms with Gasteiger partial charge >= 0.3 is 6.36 Å². The summed E-state index contributed by atoms with van der Waals surface area (Å²) in [7, 11) is 3.78. The molecule has 0 saturated heterocycles. The van der Waals surface area contributed by atoms with Crippen molar-refractivity contribution in [2.45, 2.75) is 6.36 Å². The molecule has 30 heavy (non-hydrogen) atoms. The van der Waals surface area contributed by atoms with E-state index in [9.17, 15) is 18.0 Å². The Hall–Kier alpha value is -2.91. The third kappa shape index (κ3) is 6.04. The van der Waals surface area contributed by atoms with E-state index < -0.39 is 6.36 Å². The van der Waals surface area contributed by atoms with Crippen LogP contribution in [0.5, 0.6) is 5.75 Å². The molecular formula is C21H20F3N3O2S. The van der Waals surface area contributed by atoms with E-state index in [4.69, 9.17) is 0 Å². The van der Waals surface area contributed by atoms with Crippen LogP contribution in [-0.2, 0) is 4.79 Å². The molecule has 1 amide bonds. The van der Waals surface area contributed by atoms with Gasteiger partial charge in [-0.2, -0.15) is 0 Å². The van der Waals surface area contributed by atoms with Crippen molar-refractivity contribution in [1.82, 2.24) is 9.88 Å². The molecular weight excluding hydrogens is 415 g/mol. The van der Waals surface area contributed by atoms with Crippen LogP contribution >= 0.6 is 11.3 Å². The monoisotopic (exact) mass is 435 g/mol. The number of halogens is 3. The van der Waals surface area contributed by atoms with Crippen LogP contribution in [0.25, 0.3) is 16.3 Å². The number of rotatable bonds is 7. The summed E-state index contributed by atoms with van der Waals surface area (Å²) in [4.78, 5) is 20.8. The van der Waals surface area contributed by atoms with E-state index in [-0.39, 0.29) is 11.7 Å². The topological polar surface area (TPSA) is 45.7 Å². The Bertz CT molecular complexity index is 1030. The van der Waals surface area contributed by atoms with E-state index in [0.717, 1.165) is 16.9 Å². The van der Waals surface area contributed by atoms with E-state index in [1.165, 1.54) is 29.2 Å². The first-order chi connectivity index (χ1) is 14.2. The van der Waals surface area contributed by atoms with Crippen molar-refractivity contribution in [1.29, 1.82) is 0 Å². The van der Waals surface area contributed by atoms with Crippen LogP contribution in [0.15, 0.2) is 54.6 Å². The highest BCUT2D eigenvalue weighted by Gasteiger charge is 2.31. The molecule has 3 aromatic rings. The average molecular weight is 435 g/mol. The number of likely N-dealkylation sites (N-methyl/N-ethyl adjacent to an activating group) is 1. The predicted octanol–water partition coefficient (Wildman–Crippen LogP) is 4.80. The summed E-state index contributed by atoms with van der Waals surface area (Å²) in [6.07, 6.45) is -1.58.